The molecule has 8 nitrogen and oxygen atoms in total. The van der Waals surface area contributed by atoms with Crippen LogP contribution < -0.4 is 11.2 Å². The molecule has 0 aliphatic carbocycles. The Hall–Kier alpha value is -2.89. The summed E-state index contributed by atoms with van der Waals surface area (Å²) in [5, 5.41) is 14.9. The zero-order valence-corrected chi connectivity index (χ0v) is 14.3. The van der Waals surface area contributed by atoms with Crippen molar-refractivity contribution in [1.29, 1.82) is 0 Å². The number of guanidine groups is 1. The number of hydrogen-bond acceptors (Lipinski definition) is 5. The van der Waals surface area contributed by atoms with Gasteiger partial charge < -0.3 is 5.73 Å². The van der Waals surface area contributed by atoms with Crippen molar-refractivity contribution in [3.05, 3.63) is 65.2 Å². The highest BCUT2D eigenvalue weighted by molar-refractivity contribution is 7.85. The van der Waals surface area contributed by atoms with Crippen molar-refractivity contribution in [2.75, 3.05) is 0 Å². The Morgan fingerprint density at radius 1 is 1.15 bits per heavy atom. The van der Waals surface area contributed by atoms with Gasteiger partial charge in [0.1, 0.15) is 11.6 Å². The van der Waals surface area contributed by atoms with Gasteiger partial charge in [-0.05, 0) is 31.2 Å². The maximum absolute atomic E-state index is 12.7. The molecule has 0 bridgehead atoms. The van der Waals surface area contributed by atoms with Crippen molar-refractivity contribution in [1.82, 2.24) is 5.48 Å². The zero-order chi connectivity index (χ0) is 19.7. The van der Waals surface area contributed by atoms with Crippen molar-refractivity contribution >= 4 is 22.3 Å². The molecule has 0 spiro atoms. The normalized spacial score (nSPS) is 11.8. The molecule has 0 amide bonds. The molecule has 0 unspecified atom stereocenters. The minimum absolute atomic E-state index is 0.0666. The molecule has 0 saturated carbocycles. The molecule has 11 heteroatoms. The first-order valence-corrected chi connectivity index (χ1v) is 8.32. The Balaban J connectivity index is 0.000000273. The number of nitrogens with two attached hydrogens (primary N) is 1. The van der Waals surface area contributed by atoms with E-state index in [0.717, 1.165) is 30.0 Å². The van der Waals surface area contributed by atoms with Crippen LogP contribution in [0.5, 0.6) is 0 Å². The van der Waals surface area contributed by atoms with Gasteiger partial charge >= 0.3 is 0 Å². The van der Waals surface area contributed by atoms with Gasteiger partial charge in [-0.2, -0.15) is 13.5 Å². The summed E-state index contributed by atoms with van der Waals surface area (Å²) in [5.74, 6) is -1.76. The number of benzene rings is 2. The Morgan fingerprint density at radius 3 is 2.15 bits per heavy atom. The lowest BCUT2D eigenvalue weighted by atomic mass is 10.2. The van der Waals surface area contributed by atoms with Crippen LogP contribution in [0.4, 0.5) is 8.78 Å². The fraction of sp³-hybridized carbons (Fsp3) is 0.0667. The molecular formula is C15H16F2N4O4S. The molecule has 140 valence electrons. The first-order chi connectivity index (χ1) is 12.1. The molecule has 0 saturated heterocycles. The number of rotatable bonds is 3. The van der Waals surface area contributed by atoms with Gasteiger partial charge in [-0.25, -0.2) is 14.3 Å². The third kappa shape index (κ3) is 7.79. The Bertz CT molecular complexity index is 880. The van der Waals surface area contributed by atoms with Crippen LogP contribution in [0.25, 0.3) is 0 Å². The van der Waals surface area contributed by atoms with Gasteiger partial charge in [0.05, 0.1) is 11.1 Å². The van der Waals surface area contributed by atoms with Crippen molar-refractivity contribution in [3.63, 3.8) is 0 Å². The molecule has 2 aromatic carbocycles. The lowest BCUT2D eigenvalue weighted by molar-refractivity contribution is 0.232. The minimum atomic E-state index is -4.02. The monoisotopic (exact) mass is 386 g/mol. The van der Waals surface area contributed by atoms with E-state index in [-0.39, 0.29) is 16.4 Å². The summed E-state index contributed by atoms with van der Waals surface area (Å²) in [6.45, 7) is 1.84. The summed E-state index contributed by atoms with van der Waals surface area (Å²) in [6, 6.07) is 8.88. The maximum atomic E-state index is 12.7. The van der Waals surface area contributed by atoms with Crippen molar-refractivity contribution in [3.8, 4) is 0 Å². The molecular weight excluding hydrogens is 370 g/mol. The van der Waals surface area contributed by atoms with E-state index in [0.29, 0.717) is 0 Å². The highest BCUT2D eigenvalue weighted by Crippen LogP contribution is 2.08. The van der Waals surface area contributed by atoms with Gasteiger partial charge in [0.25, 0.3) is 10.1 Å². The van der Waals surface area contributed by atoms with Crippen molar-refractivity contribution in [2.24, 2.45) is 15.9 Å². The van der Waals surface area contributed by atoms with Crippen LogP contribution in [0.2, 0.25) is 0 Å². The molecule has 5 N–H and O–H groups in total. The van der Waals surface area contributed by atoms with Gasteiger partial charge in [0.2, 0.25) is 5.96 Å². The smallest absolute Gasteiger partial charge is 0.294 e. The van der Waals surface area contributed by atoms with Crippen LogP contribution in [-0.2, 0) is 10.1 Å². The highest BCUT2D eigenvalue weighted by Gasteiger charge is 2.06. The lowest BCUT2D eigenvalue weighted by Crippen LogP contribution is -2.27. The Labute approximate surface area is 148 Å². The molecule has 26 heavy (non-hydrogen) atoms. The third-order valence-electron chi connectivity index (χ3n) is 2.69. The van der Waals surface area contributed by atoms with Crippen LogP contribution in [-0.4, -0.2) is 30.4 Å². The predicted molar refractivity (Wildman–Crippen MR) is 91.5 cm³/mol. The van der Waals surface area contributed by atoms with Crippen molar-refractivity contribution in [2.45, 2.75) is 11.8 Å². The average Bonchev–Trinajstić information content (AvgIpc) is 2.54. The third-order valence-corrected chi connectivity index (χ3v) is 3.56. The van der Waals surface area contributed by atoms with Crippen LogP contribution in [0.15, 0.2) is 57.6 Å². The topological polar surface area (TPSA) is 137 Å². The SMILES string of the molecule is Cc1ccc(S(=O)(=O)O)cc1.NC(=NN=Cc1cc(F)cc(F)c1)NO. The van der Waals surface area contributed by atoms with E-state index >= 15 is 0 Å². The number of aryl methyl sites for hydroxylation is 1. The maximum Gasteiger partial charge on any atom is 0.294 e. The van der Waals surface area contributed by atoms with E-state index < -0.39 is 21.8 Å². The second-order valence-corrected chi connectivity index (χ2v) is 6.25. The molecule has 0 fully saturated rings. The molecule has 0 heterocycles. The van der Waals surface area contributed by atoms with Crippen LogP contribution >= 0.6 is 0 Å². The van der Waals surface area contributed by atoms with E-state index in [2.05, 4.69) is 10.2 Å². The van der Waals surface area contributed by atoms with Gasteiger partial charge in [0, 0.05) is 11.6 Å². The summed E-state index contributed by atoms with van der Waals surface area (Å²) < 4.78 is 54.9. The summed E-state index contributed by atoms with van der Waals surface area (Å²) in [6.07, 6.45) is 1.09. The zero-order valence-electron chi connectivity index (χ0n) is 13.5. The minimum Gasteiger partial charge on any atom is -0.367 e. The van der Waals surface area contributed by atoms with E-state index in [1.807, 2.05) is 6.92 Å². The van der Waals surface area contributed by atoms with E-state index in [1.54, 1.807) is 12.1 Å². The molecule has 0 atom stereocenters. The Kier molecular flexibility index (Phi) is 7.77. The largest absolute Gasteiger partial charge is 0.367 e. The molecule has 2 rings (SSSR count). The molecule has 0 aliphatic heterocycles. The molecule has 2 aromatic rings. The van der Waals surface area contributed by atoms with Crippen LogP contribution in [0.3, 0.4) is 0 Å². The highest BCUT2D eigenvalue weighted by atomic mass is 32.2. The first-order valence-electron chi connectivity index (χ1n) is 6.88. The van der Waals surface area contributed by atoms with Gasteiger partial charge in [-0.1, -0.05) is 17.7 Å². The second kappa shape index (κ2) is 9.56. The number of nitrogens with zero attached hydrogens (tertiary/aromatic N) is 2. The number of nitrogens with one attached hydrogen (secondary N) is 1. The lowest BCUT2D eigenvalue weighted by Gasteiger charge is -1.95. The molecule has 0 aliphatic rings. The number of hydrogen-bond donors (Lipinski definition) is 4. The first kappa shape index (κ1) is 21.2. The predicted octanol–water partition coefficient (Wildman–Crippen LogP) is 1.83. The van der Waals surface area contributed by atoms with E-state index in [1.165, 1.54) is 17.6 Å². The molecule has 0 radical (unpaired) electrons. The van der Waals surface area contributed by atoms with Crippen LogP contribution in [0.1, 0.15) is 11.1 Å². The van der Waals surface area contributed by atoms with E-state index in [9.17, 15) is 17.2 Å². The number of hydroxylamine groups is 1. The molecule has 0 aromatic heterocycles. The fourth-order valence-electron chi connectivity index (χ4n) is 1.54. The van der Waals surface area contributed by atoms with Gasteiger partial charge in [-0.15, -0.1) is 5.10 Å². The van der Waals surface area contributed by atoms with E-state index in [4.69, 9.17) is 15.5 Å². The summed E-state index contributed by atoms with van der Waals surface area (Å²) in [4.78, 5) is -0.0666. The quantitative estimate of drug-likeness (QED) is 0.275. The summed E-state index contributed by atoms with van der Waals surface area (Å²) >= 11 is 0. The summed E-state index contributed by atoms with van der Waals surface area (Å²) in [7, 11) is -4.02. The Morgan fingerprint density at radius 2 is 1.69 bits per heavy atom. The second-order valence-electron chi connectivity index (χ2n) is 4.83. The van der Waals surface area contributed by atoms with Gasteiger partial charge in [0.15, 0.2) is 0 Å². The summed E-state index contributed by atoms with van der Waals surface area (Å²) in [5.41, 5.74) is 7.72. The standard InChI is InChI=1S/C8H8F2N4O.C7H8O3S/c9-6-1-5(2-7(10)3-6)4-12-13-8(11)14-15;1-6-2-4-7(5-3-6)11(8,9)10/h1-4,15H,(H3,11,13,14);2-5H,1H3,(H,8,9,10). The average molecular weight is 386 g/mol. The number of halogens is 2. The van der Waals surface area contributed by atoms with Crippen LogP contribution in [0, 0.1) is 18.6 Å². The van der Waals surface area contributed by atoms with Crippen molar-refractivity contribution < 1.29 is 27.0 Å². The fourth-order valence-corrected chi connectivity index (χ4v) is 2.02. The van der Waals surface area contributed by atoms with Gasteiger partial charge in [-0.3, -0.25) is 9.76 Å².